The smallest absolute Gasteiger partial charge is 0.220 e. The Kier molecular flexibility index (Phi) is 41.1. The Labute approximate surface area is 376 Å². The van der Waals surface area contributed by atoms with Crippen molar-refractivity contribution in [3.05, 3.63) is 0 Å². The number of unbranched alkanes of at least 4 members (excludes halogenated alkanes) is 36. The van der Waals surface area contributed by atoms with Gasteiger partial charge in [0.25, 0.3) is 0 Å². The number of ether oxygens (including phenoxy) is 2. The van der Waals surface area contributed by atoms with E-state index in [2.05, 4.69) is 19.2 Å². The molecule has 6 N–H and O–H groups in total. The molecule has 0 aromatic heterocycles. The van der Waals surface area contributed by atoms with E-state index in [1.54, 1.807) is 0 Å². The van der Waals surface area contributed by atoms with E-state index >= 15 is 0 Å². The highest BCUT2D eigenvalue weighted by atomic mass is 16.7. The van der Waals surface area contributed by atoms with Crippen LogP contribution in [0.5, 0.6) is 0 Å². The molecule has 0 aliphatic carbocycles. The molecule has 1 fully saturated rings. The molecule has 0 bridgehead atoms. The summed E-state index contributed by atoms with van der Waals surface area (Å²) >= 11 is 0. The maximum atomic E-state index is 13.0. The number of carbonyl (C=O) groups excluding carboxylic acids is 1. The van der Waals surface area contributed by atoms with Crippen LogP contribution in [-0.4, -0.2) is 87.5 Å². The monoisotopic (exact) mass is 870 g/mol. The molecular weight excluding hydrogens is 767 g/mol. The van der Waals surface area contributed by atoms with Crippen LogP contribution in [0.1, 0.15) is 271 Å². The number of hydrogen-bond acceptors (Lipinski definition) is 8. The zero-order valence-electron chi connectivity index (χ0n) is 40.2. The number of aliphatic hydroxyl groups is 5. The number of nitrogens with one attached hydrogen (secondary N) is 1. The molecule has 61 heavy (non-hydrogen) atoms. The maximum Gasteiger partial charge on any atom is 0.220 e. The van der Waals surface area contributed by atoms with Gasteiger partial charge < -0.3 is 40.3 Å². The summed E-state index contributed by atoms with van der Waals surface area (Å²) in [5.74, 6) is -0.137. The largest absolute Gasteiger partial charge is 0.394 e. The van der Waals surface area contributed by atoms with E-state index in [0.717, 1.165) is 38.5 Å². The van der Waals surface area contributed by atoms with Gasteiger partial charge in [-0.1, -0.05) is 251 Å². The van der Waals surface area contributed by atoms with E-state index in [4.69, 9.17) is 9.47 Å². The van der Waals surface area contributed by atoms with Gasteiger partial charge in [0.2, 0.25) is 5.91 Å². The van der Waals surface area contributed by atoms with Crippen LogP contribution in [0.2, 0.25) is 0 Å². The first-order chi connectivity index (χ1) is 29.8. The predicted octanol–water partition coefficient (Wildman–Crippen LogP) is 12.3. The molecule has 1 aliphatic heterocycles. The lowest BCUT2D eigenvalue weighted by molar-refractivity contribution is -0.302. The number of aliphatic hydroxyl groups excluding tert-OH is 5. The molecule has 0 saturated carbocycles. The van der Waals surface area contributed by atoms with Gasteiger partial charge in [-0.2, -0.15) is 0 Å². The third-order valence-corrected chi connectivity index (χ3v) is 13.2. The van der Waals surface area contributed by atoms with Gasteiger partial charge in [0.1, 0.15) is 24.4 Å². The highest BCUT2D eigenvalue weighted by Gasteiger charge is 2.44. The highest BCUT2D eigenvalue weighted by Crippen LogP contribution is 2.23. The van der Waals surface area contributed by atoms with Crippen LogP contribution in [0, 0.1) is 0 Å². The molecule has 1 aliphatic rings. The Balaban J connectivity index is 2.22. The van der Waals surface area contributed by atoms with Crippen molar-refractivity contribution in [3.63, 3.8) is 0 Å². The van der Waals surface area contributed by atoms with Crippen LogP contribution < -0.4 is 5.32 Å². The van der Waals surface area contributed by atoms with Crippen molar-refractivity contribution in [1.82, 2.24) is 5.32 Å². The van der Waals surface area contributed by atoms with Gasteiger partial charge in [0.05, 0.1) is 25.4 Å². The van der Waals surface area contributed by atoms with Crippen molar-refractivity contribution in [2.24, 2.45) is 0 Å². The van der Waals surface area contributed by atoms with E-state index in [-0.39, 0.29) is 12.5 Å². The fourth-order valence-corrected chi connectivity index (χ4v) is 8.93. The maximum absolute atomic E-state index is 13.0. The number of hydrogen-bond donors (Lipinski definition) is 6. The van der Waals surface area contributed by atoms with Crippen molar-refractivity contribution < 1.29 is 39.8 Å². The Morgan fingerprint density at radius 3 is 1.16 bits per heavy atom. The van der Waals surface area contributed by atoms with Gasteiger partial charge in [-0.05, 0) is 12.8 Å². The molecule has 1 heterocycles. The van der Waals surface area contributed by atoms with Crippen LogP contribution in [0.4, 0.5) is 0 Å². The standard InChI is InChI=1S/C52H103NO8/c1-3-5-7-9-11-13-15-17-19-21-22-23-24-25-26-28-30-32-34-36-38-40-42-48(56)53-45(44-60-52-51(59)50(58)49(57)47(43-54)61-52)46(55)41-39-37-35-33-31-29-27-20-18-16-14-12-10-8-6-4-2/h45-47,49-52,54-55,57-59H,3-44H2,1-2H3,(H,53,56)/t45-,46+,47-,49-,50?,51?,52-/m0/s1. The number of rotatable bonds is 46. The third kappa shape index (κ3) is 33.3. The van der Waals surface area contributed by atoms with E-state index in [9.17, 15) is 30.3 Å². The third-order valence-electron chi connectivity index (χ3n) is 13.2. The molecule has 9 heteroatoms. The van der Waals surface area contributed by atoms with E-state index in [1.165, 1.54) is 205 Å². The zero-order valence-corrected chi connectivity index (χ0v) is 40.2. The summed E-state index contributed by atoms with van der Waals surface area (Å²) in [6.07, 6.45) is 42.6. The second kappa shape index (κ2) is 43.1. The Bertz CT molecular complexity index is 924. The minimum atomic E-state index is -1.55. The topological polar surface area (TPSA) is 149 Å². The van der Waals surface area contributed by atoms with Crippen molar-refractivity contribution in [3.8, 4) is 0 Å². The fraction of sp³-hybridized carbons (Fsp3) is 0.981. The fourth-order valence-electron chi connectivity index (χ4n) is 8.93. The molecule has 0 radical (unpaired) electrons. The highest BCUT2D eigenvalue weighted by molar-refractivity contribution is 5.76. The van der Waals surface area contributed by atoms with Gasteiger partial charge in [-0.25, -0.2) is 0 Å². The molecule has 0 aromatic carbocycles. The van der Waals surface area contributed by atoms with Gasteiger partial charge in [-0.15, -0.1) is 0 Å². The molecule has 0 aromatic rings. The average Bonchev–Trinajstić information content (AvgIpc) is 3.26. The lowest BCUT2D eigenvalue weighted by atomic mass is 9.99. The Hall–Kier alpha value is -0.810. The first-order valence-electron chi connectivity index (χ1n) is 26.7. The van der Waals surface area contributed by atoms with Crippen molar-refractivity contribution in [1.29, 1.82) is 0 Å². The average molecular weight is 870 g/mol. The summed E-state index contributed by atoms with van der Waals surface area (Å²) in [6, 6.07) is -0.712. The van der Waals surface area contributed by atoms with Crippen molar-refractivity contribution in [2.45, 2.75) is 314 Å². The van der Waals surface area contributed by atoms with Crippen LogP contribution in [-0.2, 0) is 14.3 Å². The van der Waals surface area contributed by atoms with Crippen LogP contribution >= 0.6 is 0 Å². The predicted molar refractivity (Wildman–Crippen MR) is 254 cm³/mol. The van der Waals surface area contributed by atoms with Crippen LogP contribution in [0.15, 0.2) is 0 Å². The Morgan fingerprint density at radius 2 is 0.820 bits per heavy atom. The first-order valence-corrected chi connectivity index (χ1v) is 26.7. The second-order valence-corrected chi connectivity index (χ2v) is 19.0. The van der Waals surface area contributed by atoms with Gasteiger partial charge in [0, 0.05) is 6.42 Å². The van der Waals surface area contributed by atoms with Crippen LogP contribution in [0.3, 0.4) is 0 Å². The summed E-state index contributed by atoms with van der Waals surface area (Å²) in [5, 5.41) is 54.5. The van der Waals surface area contributed by atoms with Crippen LogP contribution in [0.25, 0.3) is 0 Å². The van der Waals surface area contributed by atoms with Crippen molar-refractivity contribution >= 4 is 5.91 Å². The molecule has 9 nitrogen and oxygen atoms in total. The molecule has 1 amide bonds. The molecule has 7 atom stereocenters. The van der Waals surface area contributed by atoms with E-state index < -0.39 is 49.5 Å². The van der Waals surface area contributed by atoms with E-state index in [1.807, 2.05) is 0 Å². The zero-order chi connectivity index (χ0) is 44.4. The summed E-state index contributed by atoms with van der Waals surface area (Å²) in [6.45, 7) is 3.87. The molecule has 0 spiro atoms. The molecule has 364 valence electrons. The summed E-state index contributed by atoms with van der Waals surface area (Å²) in [5.41, 5.74) is 0. The summed E-state index contributed by atoms with van der Waals surface area (Å²) in [4.78, 5) is 13.0. The number of carbonyl (C=O) groups is 1. The van der Waals surface area contributed by atoms with Gasteiger partial charge in [0.15, 0.2) is 6.29 Å². The summed E-state index contributed by atoms with van der Waals surface area (Å²) < 4.78 is 11.3. The minimum absolute atomic E-state index is 0.131. The molecule has 1 rings (SSSR count). The lowest BCUT2D eigenvalue weighted by Crippen LogP contribution is -2.60. The molecular formula is C52H103NO8. The van der Waals surface area contributed by atoms with Crippen molar-refractivity contribution in [2.75, 3.05) is 13.2 Å². The first kappa shape index (κ1) is 58.2. The molecule has 2 unspecified atom stereocenters. The van der Waals surface area contributed by atoms with Gasteiger partial charge >= 0.3 is 0 Å². The summed E-state index contributed by atoms with van der Waals surface area (Å²) in [7, 11) is 0. The van der Waals surface area contributed by atoms with Gasteiger partial charge in [-0.3, -0.25) is 4.79 Å². The normalized spacial score (nSPS) is 20.3. The Morgan fingerprint density at radius 1 is 0.492 bits per heavy atom. The minimum Gasteiger partial charge on any atom is -0.394 e. The second-order valence-electron chi connectivity index (χ2n) is 19.0. The quantitative estimate of drug-likeness (QED) is 0.0331. The number of amides is 1. The molecule has 1 saturated heterocycles. The SMILES string of the molecule is CCCCCCCCCCCCCCCCCCCCCCCCC(=O)N[C@@H](CO[C@H]1O[C@@H](CO)[C@H](O)C(O)C1O)[C@H](O)CCCCCCCCCCCCCCCCCC. The van der Waals surface area contributed by atoms with E-state index in [0.29, 0.717) is 12.8 Å². The lowest BCUT2D eigenvalue weighted by Gasteiger charge is -2.40.